The van der Waals surface area contributed by atoms with E-state index in [1.807, 2.05) is 25.1 Å². The summed E-state index contributed by atoms with van der Waals surface area (Å²) in [5, 5.41) is 0. The summed E-state index contributed by atoms with van der Waals surface area (Å²) in [5.41, 5.74) is 5.89. The zero-order valence-corrected chi connectivity index (χ0v) is 14.1. The van der Waals surface area contributed by atoms with Gasteiger partial charge < -0.3 is 0 Å². The minimum atomic E-state index is -0.216. The highest BCUT2D eigenvalue weighted by atomic mass is 79.9. The number of hydrogen-bond acceptors (Lipinski definition) is 2. The number of nitrogens with two attached hydrogens (primary N) is 1. The lowest BCUT2D eigenvalue weighted by Gasteiger charge is -2.19. The molecule has 2 aromatic rings. The normalized spacial score (nSPS) is 12.4. The van der Waals surface area contributed by atoms with Gasteiger partial charge in [-0.1, -0.05) is 37.9 Å². The van der Waals surface area contributed by atoms with E-state index in [2.05, 4.69) is 37.3 Å². The van der Waals surface area contributed by atoms with E-state index in [9.17, 15) is 4.39 Å². The summed E-state index contributed by atoms with van der Waals surface area (Å²) in [6.45, 7) is 1.90. The van der Waals surface area contributed by atoms with Crippen molar-refractivity contribution >= 4 is 31.9 Å². The Morgan fingerprint density at radius 3 is 2.60 bits per heavy atom. The van der Waals surface area contributed by atoms with Crippen LogP contribution < -0.4 is 11.3 Å². The molecule has 0 saturated heterocycles. The van der Waals surface area contributed by atoms with E-state index in [0.29, 0.717) is 6.42 Å². The van der Waals surface area contributed by atoms with Crippen molar-refractivity contribution in [2.75, 3.05) is 0 Å². The Kier molecular flexibility index (Phi) is 5.32. The van der Waals surface area contributed by atoms with E-state index in [4.69, 9.17) is 5.84 Å². The Bertz CT molecular complexity index is 617. The summed E-state index contributed by atoms with van der Waals surface area (Å²) in [4.78, 5) is 0. The fourth-order valence-corrected chi connectivity index (χ4v) is 3.05. The highest BCUT2D eigenvalue weighted by molar-refractivity contribution is 9.11. The van der Waals surface area contributed by atoms with E-state index in [1.54, 1.807) is 12.1 Å². The molecule has 2 rings (SSSR count). The van der Waals surface area contributed by atoms with Gasteiger partial charge in [0.05, 0.1) is 6.04 Å². The van der Waals surface area contributed by atoms with Crippen LogP contribution in [0.25, 0.3) is 0 Å². The van der Waals surface area contributed by atoms with Crippen molar-refractivity contribution in [1.82, 2.24) is 5.43 Å². The van der Waals surface area contributed by atoms with E-state index >= 15 is 0 Å². The monoisotopic (exact) mass is 400 g/mol. The van der Waals surface area contributed by atoms with Crippen LogP contribution in [0.5, 0.6) is 0 Å². The number of benzene rings is 2. The van der Waals surface area contributed by atoms with Crippen molar-refractivity contribution in [3.05, 3.63) is 67.9 Å². The van der Waals surface area contributed by atoms with Gasteiger partial charge >= 0.3 is 0 Å². The Hall–Kier alpha value is -0.750. The maximum atomic E-state index is 13.2. The van der Waals surface area contributed by atoms with Crippen LogP contribution in [-0.4, -0.2) is 0 Å². The van der Waals surface area contributed by atoms with Crippen LogP contribution in [0.2, 0.25) is 0 Å². The average molecular weight is 402 g/mol. The van der Waals surface area contributed by atoms with Gasteiger partial charge in [0.25, 0.3) is 0 Å². The van der Waals surface area contributed by atoms with Gasteiger partial charge in [-0.15, -0.1) is 0 Å². The summed E-state index contributed by atoms with van der Waals surface area (Å²) < 4.78 is 15.1. The van der Waals surface area contributed by atoms with E-state index in [0.717, 1.165) is 25.6 Å². The van der Waals surface area contributed by atoms with E-state index in [1.165, 1.54) is 6.07 Å². The number of hydrazine groups is 1. The van der Waals surface area contributed by atoms with E-state index in [-0.39, 0.29) is 11.9 Å². The minimum Gasteiger partial charge on any atom is -0.271 e. The van der Waals surface area contributed by atoms with Crippen molar-refractivity contribution in [2.24, 2.45) is 5.84 Å². The van der Waals surface area contributed by atoms with Crippen LogP contribution in [0.1, 0.15) is 22.7 Å². The van der Waals surface area contributed by atoms with Gasteiger partial charge in [0.15, 0.2) is 0 Å². The molecule has 0 saturated carbocycles. The predicted molar refractivity (Wildman–Crippen MR) is 86.7 cm³/mol. The third-order valence-corrected chi connectivity index (χ3v) is 4.48. The Labute approximate surface area is 134 Å². The molecule has 1 atom stereocenters. The van der Waals surface area contributed by atoms with Gasteiger partial charge in [0, 0.05) is 8.95 Å². The molecule has 0 amide bonds. The predicted octanol–water partition coefficient (Wildman–Crippen LogP) is 4.41. The molecule has 0 bridgehead atoms. The Morgan fingerprint density at radius 2 is 1.95 bits per heavy atom. The molecule has 3 N–H and O–H groups in total. The summed E-state index contributed by atoms with van der Waals surface area (Å²) in [6.07, 6.45) is 0.692. The summed E-state index contributed by atoms with van der Waals surface area (Å²) in [5.74, 6) is 5.48. The summed E-state index contributed by atoms with van der Waals surface area (Å²) >= 11 is 7.00. The van der Waals surface area contributed by atoms with Crippen molar-refractivity contribution in [3.63, 3.8) is 0 Å². The van der Waals surface area contributed by atoms with Crippen LogP contribution >= 0.6 is 31.9 Å². The SMILES string of the molecule is Cc1cc(F)ccc1CC(NN)c1cc(Br)ccc1Br. The minimum absolute atomic E-state index is 0.0500. The van der Waals surface area contributed by atoms with Crippen LogP contribution in [-0.2, 0) is 6.42 Å². The lowest BCUT2D eigenvalue weighted by atomic mass is 9.96. The second-order valence-electron chi connectivity index (χ2n) is 4.66. The van der Waals surface area contributed by atoms with Crippen molar-refractivity contribution < 1.29 is 4.39 Å². The summed E-state index contributed by atoms with van der Waals surface area (Å²) in [7, 11) is 0. The van der Waals surface area contributed by atoms with Crippen molar-refractivity contribution in [2.45, 2.75) is 19.4 Å². The molecule has 1 unspecified atom stereocenters. The number of hydrogen-bond donors (Lipinski definition) is 2. The zero-order chi connectivity index (χ0) is 14.7. The molecule has 0 heterocycles. The maximum absolute atomic E-state index is 13.2. The molecule has 0 aliphatic rings. The first-order chi connectivity index (χ1) is 9.51. The van der Waals surface area contributed by atoms with Crippen LogP contribution in [0.3, 0.4) is 0 Å². The molecule has 5 heteroatoms. The topological polar surface area (TPSA) is 38.0 Å². The largest absolute Gasteiger partial charge is 0.271 e. The second kappa shape index (κ2) is 6.80. The first kappa shape index (κ1) is 15.6. The number of aryl methyl sites for hydroxylation is 1. The third kappa shape index (κ3) is 3.67. The lowest BCUT2D eigenvalue weighted by molar-refractivity contribution is 0.547. The average Bonchev–Trinajstić information content (AvgIpc) is 2.41. The molecule has 0 spiro atoms. The number of halogens is 3. The zero-order valence-electron chi connectivity index (χ0n) is 11.0. The van der Waals surface area contributed by atoms with Crippen LogP contribution in [0.15, 0.2) is 45.3 Å². The summed E-state index contributed by atoms with van der Waals surface area (Å²) in [6, 6.07) is 10.7. The highest BCUT2D eigenvalue weighted by Crippen LogP contribution is 2.29. The van der Waals surface area contributed by atoms with Crippen molar-refractivity contribution in [1.29, 1.82) is 0 Å². The molecule has 20 heavy (non-hydrogen) atoms. The molecule has 0 radical (unpaired) electrons. The van der Waals surface area contributed by atoms with Gasteiger partial charge in [0.2, 0.25) is 0 Å². The van der Waals surface area contributed by atoms with Gasteiger partial charge in [-0.25, -0.2) is 4.39 Å². The van der Waals surface area contributed by atoms with Gasteiger partial charge in [-0.3, -0.25) is 11.3 Å². The van der Waals surface area contributed by atoms with Crippen molar-refractivity contribution in [3.8, 4) is 0 Å². The Morgan fingerprint density at radius 1 is 1.20 bits per heavy atom. The molecule has 2 nitrogen and oxygen atoms in total. The molecular formula is C15H15Br2FN2. The van der Waals surface area contributed by atoms with Gasteiger partial charge in [-0.05, 0) is 60.4 Å². The molecule has 0 aromatic heterocycles. The smallest absolute Gasteiger partial charge is 0.123 e. The standard InChI is InChI=1S/C15H15Br2FN2/c1-9-6-12(18)4-2-10(9)7-15(20-19)13-8-11(16)3-5-14(13)17/h2-6,8,15,20H,7,19H2,1H3. The fourth-order valence-electron chi connectivity index (χ4n) is 2.15. The van der Waals surface area contributed by atoms with Crippen LogP contribution in [0, 0.1) is 12.7 Å². The molecule has 2 aromatic carbocycles. The molecule has 0 aliphatic heterocycles. The lowest BCUT2D eigenvalue weighted by Crippen LogP contribution is -2.30. The second-order valence-corrected chi connectivity index (χ2v) is 6.43. The quantitative estimate of drug-likeness (QED) is 0.588. The van der Waals surface area contributed by atoms with Gasteiger partial charge in [-0.2, -0.15) is 0 Å². The first-order valence-electron chi connectivity index (χ1n) is 6.17. The number of nitrogens with one attached hydrogen (secondary N) is 1. The van der Waals surface area contributed by atoms with Gasteiger partial charge in [0.1, 0.15) is 5.82 Å². The first-order valence-corrected chi connectivity index (χ1v) is 7.76. The van der Waals surface area contributed by atoms with E-state index < -0.39 is 0 Å². The molecule has 0 aliphatic carbocycles. The number of rotatable bonds is 4. The Balaban J connectivity index is 2.31. The molecule has 106 valence electrons. The highest BCUT2D eigenvalue weighted by Gasteiger charge is 2.15. The molecular weight excluding hydrogens is 387 g/mol. The van der Waals surface area contributed by atoms with Crippen LogP contribution in [0.4, 0.5) is 4.39 Å². The maximum Gasteiger partial charge on any atom is 0.123 e. The third-order valence-electron chi connectivity index (χ3n) is 3.26. The molecule has 0 fully saturated rings. The fraction of sp³-hybridized carbons (Fsp3) is 0.200.